The molecule has 2 rings (SSSR count). The summed E-state index contributed by atoms with van der Waals surface area (Å²) in [4.78, 5) is 12.1. The molecule has 0 radical (unpaired) electrons. The highest BCUT2D eigenvalue weighted by Crippen LogP contribution is 2.11. The first-order valence-electron chi connectivity index (χ1n) is 7.29. The van der Waals surface area contributed by atoms with Gasteiger partial charge in [-0.2, -0.15) is 0 Å². The average Bonchev–Trinajstić information content (AvgIpc) is 2.57. The van der Waals surface area contributed by atoms with E-state index >= 15 is 0 Å². The van der Waals surface area contributed by atoms with E-state index in [1.54, 1.807) is 18.2 Å². The van der Waals surface area contributed by atoms with Crippen molar-refractivity contribution in [3.8, 4) is 0 Å². The number of nitrogens with one attached hydrogen (secondary N) is 4. The van der Waals surface area contributed by atoms with Crippen LogP contribution in [0.3, 0.4) is 0 Å². The zero-order valence-electron chi connectivity index (χ0n) is 13.4. The van der Waals surface area contributed by atoms with Gasteiger partial charge in [0.15, 0.2) is 5.11 Å². The van der Waals surface area contributed by atoms with Gasteiger partial charge in [-0.1, -0.05) is 36.4 Å². The molecule has 7 nitrogen and oxygen atoms in total. The van der Waals surface area contributed by atoms with Crippen molar-refractivity contribution in [3.05, 3.63) is 65.7 Å². The van der Waals surface area contributed by atoms with Gasteiger partial charge < -0.3 is 5.32 Å². The van der Waals surface area contributed by atoms with Crippen LogP contribution in [0.15, 0.2) is 54.6 Å². The maximum Gasteiger partial charge on any atom is 0.269 e. The van der Waals surface area contributed by atoms with Gasteiger partial charge in [0.25, 0.3) is 5.91 Å². The molecule has 0 aliphatic carbocycles. The van der Waals surface area contributed by atoms with Crippen molar-refractivity contribution >= 4 is 38.9 Å². The maximum absolute atomic E-state index is 12.1. The van der Waals surface area contributed by atoms with Crippen LogP contribution < -0.4 is 20.9 Å². The van der Waals surface area contributed by atoms with E-state index in [1.807, 2.05) is 30.3 Å². The molecule has 0 fully saturated rings. The third-order valence-electron chi connectivity index (χ3n) is 3.01. The van der Waals surface area contributed by atoms with Crippen molar-refractivity contribution in [2.45, 2.75) is 6.54 Å². The van der Waals surface area contributed by atoms with Crippen LogP contribution in [-0.4, -0.2) is 25.7 Å². The van der Waals surface area contributed by atoms with Gasteiger partial charge in [0.1, 0.15) is 0 Å². The summed E-state index contributed by atoms with van der Waals surface area (Å²) in [6.07, 6.45) is 1.04. The summed E-state index contributed by atoms with van der Waals surface area (Å²) in [5.41, 5.74) is 6.70. The van der Waals surface area contributed by atoms with Crippen LogP contribution in [0.5, 0.6) is 0 Å². The largest absolute Gasteiger partial charge is 0.357 e. The Hall–Kier alpha value is -2.65. The Labute approximate surface area is 151 Å². The minimum absolute atomic E-state index is 0.266. The summed E-state index contributed by atoms with van der Waals surface area (Å²) in [7, 11) is -3.41. The van der Waals surface area contributed by atoms with Gasteiger partial charge in [-0.25, -0.2) is 8.42 Å². The average molecular weight is 378 g/mol. The summed E-state index contributed by atoms with van der Waals surface area (Å²) >= 11 is 5.09. The minimum Gasteiger partial charge on any atom is -0.357 e. The summed E-state index contributed by atoms with van der Waals surface area (Å²) in [5, 5.41) is 3.23. The Balaban J connectivity index is 1.85. The minimum atomic E-state index is -3.41. The third kappa shape index (κ3) is 6.77. The van der Waals surface area contributed by atoms with Crippen molar-refractivity contribution in [1.82, 2.24) is 16.2 Å². The van der Waals surface area contributed by atoms with Gasteiger partial charge in [-0.3, -0.25) is 20.4 Å². The number of carbonyl (C=O) groups excluding carboxylic acids is 1. The Morgan fingerprint density at radius 1 is 1.04 bits per heavy atom. The van der Waals surface area contributed by atoms with Crippen LogP contribution in [0.4, 0.5) is 5.69 Å². The van der Waals surface area contributed by atoms with Crippen LogP contribution in [0.1, 0.15) is 15.9 Å². The highest BCUT2D eigenvalue weighted by Gasteiger charge is 2.08. The van der Waals surface area contributed by atoms with E-state index in [-0.39, 0.29) is 10.7 Å². The highest BCUT2D eigenvalue weighted by atomic mass is 32.2. The van der Waals surface area contributed by atoms with Crippen LogP contribution in [0.2, 0.25) is 0 Å². The third-order valence-corrected chi connectivity index (χ3v) is 3.87. The lowest BCUT2D eigenvalue weighted by atomic mass is 10.2. The summed E-state index contributed by atoms with van der Waals surface area (Å²) < 4.78 is 24.8. The summed E-state index contributed by atoms with van der Waals surface area (Å²) in [5.74, 6) is -0.444. The van der Waals surface area contributed by atoms with Crippen LogP contribution in [0.25, 0.3) is 0 Å². The molecule has 1 amide bonds. The van der Waals surface area contributed by atoms with Gasteiger partial charge in [-0.05, 0) is 36.0 Å². The van der Waals surface area contributed by atoms with E-state index in [4.69, 9.17) is 12.2 Å². The molecular formula is C16H18N4O3S2. The predicted molar refractivity (Wildman–Crippen MR) is 101 cm³/mol. The van der Waals surface area contributed by atoms with E-state index in [1.165, 1.54) is 6.07 Å². The number of benzene rings is 2. The molecule has 0 bridgehead atoms. The second-order valence-corrected chi connectivity index (χ2v) is 7.36. The number of carbonyl (C=O) groups is 1. The fourth-order valence-corrected chi connectivity index (χ4v) is 2.62. The van der Waals surface area contributed by atoms with Crippen molar-refractivity contribution in [2.75, 3.05) is 11.0 Å². The lowest BCUT2D eigenvalue weighted by Crippen LogP contribution is -2.46. The molecule has 2 aromatic rings. The Bertz CT molecular complexity index is 855. The van der Waals surface area contributed by atoms with Crippen LogP contribution in [-0.2, 0) is 16.6 Å². The number of hydrogen-bond acceptors (Lipinski definition) is 4. The van der Waals surface area contributed by atoms with Gasteiger partial charge in [0, 0.05) is 17.8 Å². The van der Waals surface area contributed by atoms with E-state index < -0.39 is 15.9 Å². The molecule has 0 atom stereocenters. The molecule has 0 aromatic heterocycles. The molecule has 132 valence electrons. The number of hydrogen-bond donors (Lipinski definition) is 4. The van der Waals surface area contributed by atoms with E-state index in [2.05, 4.69) is 20.9 Å². The summed E-state index contributed by atoms with van der Waals surface area (Å²) in [6, 6.07) is 15.8. The summed E-state index contributed by atoms with van der Waals surface area (Å²) in [6.45, 7) is 0.524. The molecule has 0 heterocycles. The van der Waals surface area contributed by atoms with Crippen molar-refractivity contribution in [1.29, 1.82) is 0 Å². The maximum atomic E-state index is 12.1. The number of hydrazine groups is 1. The van der Waals surface area contributed by atoms with Crippen LogP contribution >= 0.6 is 12.2 Å². The predicted octanol–water partition coefficient (Wildman–Crippen LogP) is 1.37. The first-order chi connectivity index (χ1) is 11.8. The number of thiocarbonyl (C=S) groups is 1. The Kier molecular flexibility index (Phi) is 6.31. The molecule has 0 saturated heterocycles. The SMILES string of the molecule is CS(=O)(=O)Nc1cccc(C(=O)NNC(=S)NCc2ccccc2)c1. The lowest BCUT2D eigenvalue weighted by Gasteiger charge is -2.12. The van der Waals surface area contributed by atoms with E-state index in [9.17, 15) is 13.2 Å². The molecule has 0 spiro atoms. The van der Waals surface area contributed by atoms with Gasteiger partial charge in [-0.15, -0.1) is 0 Å². The van der Waals surface area contributed by atoms with Gasteiger partial charge in [0.2, 0.25) is 10.0 Å². The molecular weight excluding hydrogens is 360 g/mol. The number of rotatable bonds is 5. The number of amides is 1. The Morgan fingerprint density at radius 3 is 2.44 bits per heavy atom. The second-order valence-electron chi connectivity index (χ2n) is 5.20. The first kappa shape index (κ1) is 18.7. The highest BCUT2D eigenvalue weighted by molar-refractivity contribution is 7.92. The van der Waals surface area contributed by atoms with E-state index in [0.29, 0.717) is 12.2 Å². The van der Waals surface area contributed by atoms with Crippen molar-refractivity contribution in [2.24, 2.45) is 0 Å². The van der Waals surface area contributed by atoms with Gasteiger partial charge >= 0.3 is 0 Å². The zero-order chi connectivity index (χ0) is 18.3. The second kappa shape index (κ2) is 8.45. The number of anilines is 1. The quantitative estimate of drug-likeness (QED) is 0.463. The molecule has 4 N–H and O–H groups in total. The van der Waals surface area contributed by atoms with Crippen LogP contribution in [0, 0.1) is 0 Å². The molecule has 0 aliphatic rings. The Morgan fingerprint density at radius 2 is 1.76 bits per heavy atom. The van der Waals surface area contributed by atoms with Crippen molar-refractivity contribution in [3.63, 3.8) is 0 Å². The normalized spacial score (nSPS) is 10.6. The standard InChI is InChI=1S/C16H18N4O3S2/c1-25(22,23)20-14-9-5-8-13(10-14)15(21)18-19-16(24)17-11-12-6-3-2-4-7-12/h2-10,20H,11H2,1H3,(H,18,21)(H2,17,19,24). The lowest BCUT2D eigenvalue weighted by molar-refractivity contribution is 0.0943. The molecule has 0 unspecified atom stereocenters. The first-order valence-corrected chi connectivity index (χ1v) is 9.59. The number of sulfonamides is 1. The van der Waals surface area contributed by atoms with Crippen molar-refractivity contribution < 1.29 is 13.2 Å². The fraction of sp³-hybridized carbons (Fsp3) is 0.125. The zero-order valence-corrected chi connectivity index (χ0v) is 15.1. The molecule has 0 aliphatic heterocycles. The smallest absolute Gasteiger partial charge is 0.269 e. The fourth-order valence-electron chi connectivity index (χ4n) is 1.95. The molecule has 0 saturated carbocycles. The van der Waals surface area contributed by atoms with Gasteiger partial charge in [0.05, 0.1) is 6.26 Å². The van der Waals surface area contributed by atoms with E-state index in [0.717, 1.165) is 11.8 Å². The monoisotopic (exact) mass is 378 g/mol. The molecule has 2 aromatic carbocycles. The molecule has 25 heavy (non-hydrogen) atoms. The molecule has 9 heteroatoms. The topological polar surface area (TPSA) is 99.3 Å².